The minimum Gasteiger partial charge on any atom is -0.375 e. The Morgan fingerprint density at radius 2 is 2.15 bits per heavy atom. The average Bonchev–Trinajstić information content (AvgIpc) is 3.30. The molecule has 5 nitrogen and oxygen atoms in total. The van der Waals surface area contributed by atoms with Gasteiger partial charge in [-0.1, -0.05) is 12.1 Å². The fourth-order valence-electron chi connectivity index (χ4n) is 4.21. The van der Waals surface area contributed by atoms with Gasteiger partial charge in [-0.25, -0.2) is 9.37 Å². The summed E-state index contributed by atoms with van der Waals surface area (Å²) in [4.78, 5) is 23.5. The smallest absolute Gasteiger partial charge is 0.268 e. The van der Waals surface area contributed by atoms with Gasteiger partial charge in [0.05, 0.1) is 24.8 Å². The van der Waals surface area contributed by atoms with Crippen LogP contribution in [-0.2, 0) is 11.3 Å². The number of rotatable bonds is 3. The van der Waals surface area contributed by atoms with Crippen LogP contribution in [0.1, 0.15) is 25.1 Å². The van der Waals surface area contributed by atoms with E-state index in [0.29, 0.717) is 34.7 Å². The quantitative estimate of drug-likeness (QED) is 0.749. The summed E-state index contributed by atoms with van der Waals surface area (Å²) in [7, 11) is 0. The largest absolute Gasteiger partial charge is 0.375 e. The third kappa shape index (κ3) is 3.20. The van der Waals surface area contributed by atoms with Crippen molar-refractivity contribution in [3.8, 4) is 10.4 Å². The molecule has 0 bridgehead atoms. The molecule has 2 atom stereocenters. The van der Waals surface area contributed by atoms with Crippen LogP contribution in [0.3, 0.4) is 0 Å². The molecule has 1 aromatic carbocycles. The van der Waals surface area contributed by atoms with E-state index in [1.54, 1.807) is 12.1 Å². The molecule has 0 amide bonds. The van der Waals surface area contributed by atoms with Gasteiger partial charge in [-0.3, -0.25) is 9.69 Å². The molecule has 1 saturated carbocycles. The molecule has 0 radical (unpaired) electrons. The summed E-state index contributed by atoms with van der Waals surface area (Å²) in [6.07, 6.45) is 3.78. The van der Waals surface area contributed by atoms with Crippen molar-refractivity contribution in [3.05, 3.63) is 52.3 Å². The minimum absolute atomic E-state index is 0.107. The normalized spacial score (nSPS) is 23.0. The second-order valence-electron chi connectivity index (χ2n) is 7.22. The van der Waals surface area contributed by atoms with E-state index in [9.17, 15) is 9.18 Å². The van der Waals surface area contributed by atoms with Crippen molar-refractivity contribution < 1.29 is 9.13 Å². The number of morpholine rings is 1. The van der Waals surface area contributed by atoms with Gasteiger partial charge < -0.3 is 9.72 Å². The fraction of sp³-hybridized carbons (Fsp3) is 0.400. The highest BCUT2D eigenvalue weighted by Crippen LogP contribution is 2.32. The lowest BCUT2D eigenvalue weighted by atomic mass is 10.1. The van der Waals surface area contributed by atoms with Crippen molar-refractivity contribution in [1.82, 2.24) is 14.9 Å². The number of hydrogen-bond donors (Lipinski definition) is 1. The standard InChI is InChI=1S/C20H20FN3O2S/c21-13-6-4-12(5-7-13)17-10-14-19(27-17)20(25)23-18(22-14)11-24-8-9-26-16-3-1-2-15(16)24/h4-7,10,15-16H,1-3,8-9,11H2,(H,22,23,25)/t15-,16+/m1/s1. The van der Waals surface area contributed by atoms with Crippen LogP contribution < -0.4 is 5.56 Å². The summed E-state index contributed by atoms with van der Waals surface area (Å²) in [6.45, 7) is 2.24. The lowest BCUT2D eigenvalue weighted by molar-refractivity contribution is -0.0596. The number of nitrogens with zero attached hydrogens (tertiary/aromatic N) is 2. The van der Waals surface area contributed by atoms with Gasteiger partial charge in [0.25, 0.3) is 5.56 Å². The van der Waals surface area contributed by atoms with Crippen LogP contribution in [0.2, 0.25) is 0 Å². The Kier molecular flexibility index (Phi) is 4.30. The Balaban J connectivity index is 1.46. The highest BCUT2D eigenvalue weighted by Gasteiger charge is 2.36. The molecule has 1 aliphatic heterocycles. The molecule has 3 heterocycles. The van der Waals surface area contributed by atoms with E-state index in [2.05, 4.69) is 9.88 Å². The first kappa shape index (κ1) is 17.0. The number of thiophene rings is 1. The predicted molar refractivity (Wildman–Crippen MR) is 103 cm³/mol. The average molecular weight is 385 g/mol. The number of benzene rings is 1. The van der Waals surface area contributed by atoms with Gasteiger partial charge in [0, 0.05) is 17.5 Å². The molecule has 2 fully saturated rings. The molecule has 3 aromatic rings. The van der Waals surface area contributed by atoms with Crippen LogP contribution >= 0.6 is 11.3 Å². The van der Waals surface area contributed by atoms with Crippen LogP contribution in [0, 0.1) is 5.82 Å². The summed E-state index contributed by atoms with van der Waals surface area (Å²) in [5.41, 5.74) is 1.49. The van der Waals surface area contributed by atoms with E-state index in [1.165, 1.54) is 29.9 Å². The Morgan fingerprint density at radius 3 is 3.00 bits per heavy atom. The lowest BCUT2D eigenvalue weighted by Crippen LogP contribution is -2.48. The third-order valence-corrected chi connectivity index (χ3v) is 6.68. The molecule has 1 N–H and O–H groups in total. The van der Waals surface area contributed by atoms with E-state index < -0.39 is 0 Å². The zero-order valence-electron chi connectivity index (χ0n) is 14.8. The first-order chi connectivity index (χ1) is 13.2. The minimum atomic E-state index is -0.270. The van der Waals surface area contributed by atoms with E-state index >= 15 is 0 Å². The van der Waals surface area contributed by atoms with Gasteiger partial charge in [-0.2, -0.15) is 0 Å². The summed E-state index contributed by atoms with van der Waals surface area (Å²) in [5, 5.41) is 0. The summed E-state index contributed by atoms with van der Waals surface area (Å²) >= 11 is 1.39. The SMILES string of the molecule is O=c1[nH]c(CN2CCO[C@H]3CCC[C@H]32)nc2cc(-c3ccc(F)cc3)sc12. The molecule has 0 unspecified atom stereocenters. The van der Waals surface area contributed by atoms with E-state index in [1.807, 2.05) is 6.07 Å². The molecular weight excluding hydrogens is 365 g/mol. The number of nitrogens with one attached hydrogen (secondary N) is 1. The highest BCUT2D eigenvalue weighted by molar-refractivity contribution is 7.22. The van der Waals surface area contributed by atoms with Gasteiger partial charge in [-0.15, -0.1) is 11.3 Å². The van der Waals surface area contributed by atoms with Crippen LogP contribution in [-0.4, -0.2) is 40.2 Å². The molecule has 0 spiro atoms. The maximum absolute atomic E-state index is 13.2. The summed E-state index contributed by atoms with van der Waals surface area (Å²) in [6, 6.07) is 8.66. The van der Waals surface area contributed by atoms with Crippen LogP contribution in [0.4, 0.5) is 4.39 Å². The van der Waals surface area contributed by atoms with Crippen molar-refractivity contribution in [2.24, 2.45) is 0 Å². The van der Waals surface area contributed by atoms with E-state index in [4.69, 9.17) is 9.72 Å². The van der Waals surface area contributed by atoms with Crippen molar-refractivity contribution in [2.45, 2.75) is 38.0 Å². The Morgan fingerprint density at radius 1 is 1.30 bits per heavy atom. The Labute approximate surface area is 159 Å². The molecule has 27 heavy (non-hydrogen) atoms. The number of aromatic amines is 1. The summed E-state index contributed by atoms with van der Waals surface area (Å²) in [5.74, 6) is 0.428. The number of halogens is 1. The predicted octanol–water partition coefficient (Wildman–Crippen LogP) is 3.54. The lowest BCUT2D eigenvalue weighted by Gasteiger charge is -2.37. The van der Waals surface area contributed by atoms with Gasteiger partial charge in [0.1, 0.15) is 16.3 Å². The molecule has 1 aliphatic carbocycles. The van der Waals surface area contributed by atoms with Crippen molar-refractivity contribution in [3.63, 3.8) is 0 Å². The molecular formula is C20H20FN3O2S. The maximum Gasteiger partial charge on any atom is 0.268 e. The first-order valence-corrected chi connectivity index (χ1v) is 10.1. The van der Waals surface area contributed by atoms with Crippen molar-refractivity contribution in [1.29, 1.82) is 0 Å². The van der Waals surface area contributed by atoms with Crippen molar-refractivity contribution >= 4 is 21.6 Å². The topological polar surface area (TPSA) is 58.2 Å². The Hall–Kier alpha value is -2.09. The fourth-order valence-corrected chi connectivity index (χ4v) is 5.21. The van der Waals surface area contributed by atoms with Gasteiger partial charge in [-0.05, 0) is 43.0 Å². The second-order valence-corrected chi connectivity index (χ2v) is 8.27. The maximum atomic E-state index is 13.2. The van der Waals surface area contributed by atoms with Gasteiger partial charge >= 0.3 is 0 Å². The second kappa shape index (κ2) is 6.82. The molecule has 7 heteroatoms. The molecule has 1 saturated heterocycles. The number of hydrogen-bond acceptors (Lipinski definition) is 5. The number of H-pyrrole nitrogens is 1. The zero-order chi connectivity index (χ0) is 18.4. The van der Waals surface area contributed by atoms with E-state index in [-0.39, 0.29) is 11.4 Å². The van der Waals surface area contributed by atoms with Gasteiger partial charge in [0.2, 0.25) is 0 Å². The van der Waals surface area contributed by atoms with Crippen molar-refractivity contribution in [2.75, 3.05) is 13.2 Å². The first-order valence-electron chi connectivity index (χ1n) is 9.32. The van der Waals surface area contributed by atoms with Gasteiger partial charge in [0.15, 0.2) is 0 Å². The molecule has 5 rings (SSSR count). The Bertz CT molecular complexity index is 1030. The van der Waals surface area contributed by atoms with Crippen LogP contribution in [0.15, 0.2) is 35.1 Å². The molecule has 140 valence electrons. The highest BCUT2D eigenvalue weighted by atomic mass is 32.1. The zero-order valence-corrected chi connectivity index (χ0v) is 15.6. The molecule has 2 aromatic heterocycles. The third-order valence-electron chi connectivity index (χ3n) is 5.51. The van der Waals surface area contributed by atoms with Crippen LogP contribution in [0.5, 0.6) is 0 Å². The number of ether oxygens (including phenoxy) is 1. The summed E-state index contributed by atoms with van der Waals surface area (Å²) < 4.78 is 19.6. The van der Waals surface area contributed by atoms with E-state index in [0.717, 1.165) is 36.4 Å². The number of fused-ring (bicyclic) bond motifs is 2. The number of aromatic nitrogens is 2. The van der Waals surface area contributed by atoms with Crippen LogP contribution in [0.25, 0.3) is 20.7 Å². The molecule has 2 aliphatic rings. The monoisotopic (exact) mass is 385 g/mol.